The Balaban J connectivity index is 1.91. The van der Waals surface area contributed by atoms with Crippen LogP contribution in [0.25, 0.3) is 0 Å². The molecule has 5 nitrogen and oxygen atoms in total. The molecular weight excluding hydrogens is 361 g/mol. The number of fused-ring (bicyclic) bond motifs is 1. The van der Waals surface area contributed by atoms with E-state index in [1.165, 1.54) is 30.0 Å². The van der Waals surface area contributed by atoms with Gasteiger partial charge in [0.15, 0.2) is 0 Å². The van der Waals surface area contributed by atoms with Gasteiger partial charge in [0.1, 0.15) is 17.4 Å². The fraction of sp³-hybridized carbons (Fsp3) is 0.235. The number of nitriles is 1. The molecule has 0 bridgehead atoms. The van der Waals surface area contributed by atoms with Crippen LogP contribution in [0.15, 0.2) is 39.0 Å². The quantitative estimate of drug-likeness (QED) is 0.805. The number of halogens is 1. The maximum atomic E-state index is 13.6. The van der Waals surface area contributed by atoms with Crippen molar-refractivity contribution >= 4 is 29.4 Å². The molecule has 2 heterocycles. The van der Waals surface area contributed by atoms with Crippen LogP contribution >= 0.6 is 23.5 Å². The van der Waals surface area contributed by atoms with Gasteiger partial charge in [-0.15, -0.1) is 23.5 Å². The van der Waals surface area contributed by atoms with Gasteiger partial charge in [0.2, 0.25) is 0 Å². The van der Waals surface area contributed by atoms with Crippen molar-refractivity contribution in [2.24, 2.45) is 0 Å². The Morgan fingerprint density at radius 3 is 3.00 bits per heavy atom. The normalized spacial score (nSPS) is 16.0. The molecule has 0 radical (unpaired) electrons. The molecule has 25 heavy (non-hydrogen) atoms. The van der Waals surface area contributed by atoms with Crippen LogP contribution < -0.4 is 10.9 Å². The van der Waals surface area contributed by atoms with E-state index in [4.69, 9.17) is 5.26 Å². The van der Waals surface area contributed by atoms with Crippen molar-refractivity contribution in [2.45, 2.75) is 22.4 Å². The number of nitrogens with one attached hydrogen (secondary N) is 2. The topological polar surface area (TPSA) is 85.8 Å². The third kappa shape index (κ3) is 3.57. The second-order valence-corrected chi connectivity index (χ2v) is 7.37. The van der Waals surface area contributed by atoms with Crippen LogP contribution in [0.2, 0.25) is 0 Å². The Morgan fingerprint density at radius 2 is 2.28 bits per heavy atom. The number of amides is 1. The third-order valence-corrected chi connectivity index (χ3v) is 5.74. The van der Waals surface area contributed by atoms with Crippen LogP contribution in [0.5, 0.6) is 0 Å². The van der Waals surface area contributed by atoms with Crippen molar-refractivity contribution in [1.29, 1.82) is 5.26 Å². The second-order valence-electron chi connectivity index (χ2n) is 5.42. The fourth-order valence-corrected chi connectivity index (χ4v) is 4.30. The summed E-state index contributed by atoms with van der Waals surface area (Å²) in [5.41, 5.74) is 0.279. The predicted molar refractivity (Wildman–Crippen MR) is 95.5 cm³/mol. The summed E-state index contributed by atoms with van der Waals surface area (Å²) < 4.78 is 13.6. The summed E-state index contributed by atoms with van der Waals surface area (Å²) in [6, 6.07) is 7.39. The number of H-pyrrole nitrogens is 1. The molecule has 1 amide bonds. The molecule has 1 aromatic heterocycles. The first-order chi connectivity index (χ1) is 12.0. The van der Waals surface area contributed by atoms with Gasteiger partial charge in [0.05, 0.1) is 16.6 Å². The average Bonchev–Trinajstić information content (AvgIpc) is 2.61. The van der Waals surface area contributed by atoms with Crippen molar-refractivity contribution in [1.82, 2.24) is 10.3 Å². The Bertz CT molecular complexity index is 936. The van der Waals surface area contributed by atoms with E-state index in [9.17, 15) is 14.0 Å². The summed E-state index contributed by atoms with van der Waals surface area (Å²) in [5.74, 6) is -0.152. The molecule has 0 saturated heterocycles. The highest BCUT2D eigenvalue weighted by atomic mass is 32.2. The monoisotopic (exact) mass is 375 g/mol. The lowest BCUT2D eigenvalue weighted by Crippen LogP contribution is -2.34. The molecule has 8 heteroatoms. The van der Waals surface area contributed by atoms with Crippen LogP contribution in [0.3, 0.4) is 0 Å². The van der Waals surface area contributed by atoms with Gasteiger partial charge in [-0.05, 0) is 42.5 Å². The lowest BCUT2D eigenvalue weighted by molar-refractivity contribution is 0.0933. The Morgan fingerprint density at radius 1 is 1.48 bits per heavy atom. The van der Waals surface area contributed by atoms with Gasteiger partial charge in [-0.3, -0.25) is 9.59 Å². The number of aromatic nitrogens is 1. The van der Waals surface area contributed by atoms with Gasteiger partial charge >= 0.3 is 0 Å². The maximum absolute atomic E-state index is 13.6. The highest BCUT2D eigenvalue weighted by molar-refractivity contribution is 7.99. The van der Waals surface area contributed by atoms with Crippen LogP contribution in [-0.2, 0) is 0 Å². The molecular formula is C17H14FN3O2S2. The van der Waals surface area contributed by atoms with Gasteiger partial charge in [-0.25, -0.2) is 4.39 Å². The smallest absolute Gasteiger partial charge is 0.261 e. The van der Waals surface area contributed by atoms with E-state index in [1.807, 2.05) is 6.07 Å². The molecule has 1 aromatic carbocycles. The fourth-order valence-electron chi connectivity index (χ4n) is 2.68. The molecule has 0 spiro atoms. The summed E-state index contributed by atoms with van der Waals surface area (Å²) in [6.07, 6.45) is 2.37. The SMILES string of the molecule is CSc1[nH]c(=O)c(C(=O)N[C@@H]2CCSc3ccc(F)cc32)cc1C#N. The number of carbonyl (C=O) groups is 1. The van der Waals surface area contributed by atoms with Gasteiger partial charge < -0.3 is 10.3 Å². The minimum absolute atomic E-state index is 0.120. The molecule has 128 valence electrons. The largest absolute Gasteiger partial charge is 0.345 e. The molecule has 1 atom stereocenters. The van der Waals surface area contributed by atoms with Crippen LogP contribution in [0.4, 0.5) is 4.39 Å². The van der Waals surface area contributed by atoms with Gasteiger partial charge in [-0.2, -0.15) is 5.26 Å². The number of carbonyl (C=O) groups excluding carboxylic acids is 1. The first kappa shape index (κ1) is 17.6. The summed E-state index contributed by atoms with van der Waals surface area (Å²) in [7, 11) is 0. The second kappa shape index (κ2) is 7.33. The molecule has 1 aliphatic heterocycles. The summed E-state index contributed by atoms with van der Waals surface area (Å²) >= 11 is 2.83. The van der Waals surface area contributed by atoms with Crippen LogP contribution in [0.1, 0.15) is 33.9 Å². The Hall–Kier alpha value is -2.24. The number of hydrogen-bond donors (Lipinski definition) is 2. The minimum Gasteiger partial charge on any atom is -0.345 e. The maximum Gasteiger partial charge on any atom is 0.261 e. The highest BCUT2D eigenvalue weighted by Gasteiger charge is 2.24. The molecule has 0 unspecified atom stereocenters. The van der Waals surface area contributed by atoms with E-state index in [2.05, 4.69) is 10.3 Å². The lowest BCUT2D eigenvalue weighted by atomic mass is 10.0. The average molecular weight is 375 g/mol. The van der Waals surface area contributed by atoms with E-state index in [0.717, 1.165) is 10.6 Å². The highest BCUT2D eigenvalue weighted by Crippen LogP contribution is 2.36. The zero-order valence-corrected chi connectivity index (χ0v) is 14.9. The molecule has 1 aliphatic rings. The number of hydrogen-bond acceptors (Lipinski definition) is 5. The van der Waals surface area contributed by atoms with E-state index in [0.29, 0.717) is 17.0 Å². The predicted octanol–water partition coefficient (Wildman–Crippen LogP) is 3.07. The third-order valence-electron chi connectivity index (χ3n) is 3.89. The number of rotatable bonds is 3. The molecule has 0 saturated carbocycles. The number of aromatic amines is 1. The number of thioether (sulfide) groups is 2. The van der Waals surface area contributed by atoms with Gasteiger partial charge in [-0.1, -0.05) is 0 Å². The molecule has 2 aromatic rings. The van der Waals surface area contributed by atoms with Crippen molar-refractivity contribution in [3.05, 3.63) is 57.1 Å². The molecule has 0 aliphatic carbocycles. The van der Waals surface area contributed by atoms with Crippen molar-refractivity contribution in [2.75, 3.05) is 12.0 Å². The van der Waals surface area contributed by atoms with E-state index < -0.39 is 11.5 Å². The van der Waals surface area contributed by atoms with E-state index in [1.54, 1.807) is 24.1 Å². The Labute approximate surface area is 152 Å². The van der Waals surface area contributed by atoms with E-state index >= 15 is 0 Å². The molecule has 0 fully saturated rings. The Kier molecular flexibility index (Phi) is 5.16. The van der Waals surface area contributed by atoms with E-state index in [-0.39, 0.29) is 23.0 Å². The van der Waals surface area contributed by atoms with Crippen LogP contribution in [0, 0.1) is 17.1 Å². The van der Waals surface area contributed by atoms with Crippen LogP contribution in [-0.4, -0.2) is 22.9 Å². The minimum atomic E-state index is -0.572. The van der Waals surface area contributed by atoms with Gasteiger partial charge in [0, 0.05) is 10.6 Å². The lowest BCUT2D eigenvalue weighted by Gasteiger charge is -2.26. The van der Waals surface area contributed by atoms with Crippen molar-refractivity contribution in [3.8, 4) is 6.07 Å². The first-order valence-electron chi connectivity index (χ1n) is 7.48. The van der Waals surface area contributed by atoms with Crippen molar-refractivity contribution < 1.29 is 9.18 Å². The van der Waals surface area contributed by atoms with Gasteiger partial charge in [0.25, 0.3) is 11.5 Å². The zero-order valence-electron chi connectivity index (χ0n) is 13.3. The van der Waals surface area contributed by atoms with Crippen molar-refractivity contribution in [3.63, 3.8) is 0 Å². The standard InChI is InChI=1S/C17H14FN3O2S2/c1-24-17-9(8-19)6-12(16(23)21-17)15(22)20-13-4-5-25-14-3-2-10(18)7-11(13)14/h2-3,6-7,13H,4-5H2,1H3,(H,20,22)(H,21,23)/t13-/m1/s1. The number of pyridine rings is 1. The zero-order chi connectivity index (χ0) is 18.0. The molecule has 2 N–H and O–H groups in total. The summed E-state index contributed by atoms with van der Waals surface area (Å²) in [6.45, 7) is 0. The number of nitrogens with zero attached hydrogens (tertiary/aromatic N) is 1. The molecule has 3 rings (SSSR count). The summed E-state index contributed by atoms with van der Waals surface area (Å²) in [5, 5.41) is 12.4. The first-order valence-corrected chi connectivity index (χ1v) is 9.69. The summed E-state index contributed by atoms with van der Waals surface area (Å²) in [4.78, 5) is 28.2. The number of benzene rings is 1.